The van der Waals surface area contributed by atoms with Gasteiger partial charge in [-0.15, -0.1) is 0 Å². The van der Waals surface area contributed by atoms with Gasteiger partial charge in [0, 0.05) is 0 Å². The zero-order chi connectivity index (χ0) is 2.00. The van der Waals surface area contributed by atoms with Crippen LogP contribution in [0.5, 0.6) is 0 Å². The quantitative estimate of drug-likeness (QED) is 0.361. The molecule has 0 rings (SSSR count). The number of hydrogen-bond acceptors (Lipinski definition) is 1. The van der Waals surface area contributed by atoms with Crippen LogP contribution in [0.2, 0.25) is 0 Å². The van der Waals surface area contributed by atoms with Gasteiger partial charge in [-0.3, -0.25) is 0 Å². The van der Waals surface area contributed by atoms with E-state index in [-0.39, 0.29) is 65.5 Å². The van der Waals surface area contributed by atoms with Crippen molar-refractivity contribution in [3.05, 3.63) is 0 Å². The Bertz CT molecular complexity index is 10.8. The molecule has 6 heavy (non-hydrogen) atoms. The van der Waals surface area contributed by atoms with Crippen molar-refractivity contribution in [3.63, 3.8) is 0 Å². The van der Waals surface area contributed by atoms with Crippen LogP contribution in [0.15, 0.2) is 0 Å². The second kappa shape index (κ2) is 66.0. The van der Waals surface area contributed by atoms with Crippen molar-refractivity contribution in [1.29, 1.82) is 0 Å². The van der Waals surface area contributed by atoms with E-state index < -0.39 is 0 Å². The van der Waals surface area contributed by atoms with Crippen LogP contribution in [-0.2, 0) is 23.2 Å². The summed E-state index contributed by atoms with van der Waals surface area (Å²) in [7, 11) is 0. The zero-order valence-corrected chi connectivity index (χ0v) is 8.08. The van der Waals surface area contributed by atoms with Crippen molar-refractivity contribution in [2.24, 2.45) is 0 Å². The first-order valence-corrected chi connectivity index (χ1v) is 0.986. The third-order valence-corrected chi connectivity index (χ3v) is 0. The van der Waals surface area contributed by atoms with Gasteiger partial charge < -0.3 is 14.1 Å². The normalized spacial score (nSPS) is 0.500. The predicted octanol–water partition coefficient (Wildman–Crippen LogP) is -12.1. The Balaban J connectivity index is -0.000000000833. The number of halogens is 3. The van der Waals surface area contributed by atoms with Crippen LogP contribution in [-0.4, -0.2) is 0 Å². The molecule has 1 nitrogen and oxygen atoms in total. The summed E-state index contributed by atoms with van der Waals surface area (Å²) < 4.78 is 8.26. The van der Waals surface area contributed by atoms with Gasteiger partial charge in [-0.05, 0) is 0 Å². The van der Waals surface area contributed by atoms with Crippen molar-refractivity contribution < 1.29 is 88.7 Å². The molecule has 34 valence electrons. The van der Waals surface area contributed by atoms with E-state index in [9.17, 15) is 0 Å². The van der Waals surface area contributed by atoms with Gasteiger partial charge in [-0.1, -0.05) is 0 Å². The SMILES string of the molecule is [F-].[F-].[F-].[K+].[O]=[Mo+2]. The Kier molecular flexibility index (Phi) is 490. The topological polar surface area (TPSA) is 17.1 Å². The molecule has 0 fully saturated rings. The molecule has 0 aromatic heterocycles. The van der Waals surface area contributed by atoms with Crippen LogP contribution in [0.3, 0.4) is 0 Å². The maximum absolute atomic E-state index is 8.26. The van der Waals surface area contributed by atoms with Gasteiger partial charge >= 0.3 is 74.6 Å². The molecule has 0 aliphatic carbocycles. The fourth-order valence-electron chi connectivity index (χ4n) is 0. The van der Waals surface area contributed by atoms with Gasteiger partial charge in [0.15, 0.2) is 0 Å². The van der Waals surface area contributed by atoms with E-state index in [1.807, 2.05) is 0 Å². The average Bonchev–Trinajstić information content (AvgIpc) is 1.00. The Labute approximate surface area is 87.0 Å². The monoisotopic (exact) mass is 210 g/mol. The summed E-state index contributed by atoms with van der Waals surface area (Å²) in [4.78, 5) is 0. The summed E-state index contributed by atoms with van der Waals surface area (Å²) in [6.45, 7) is 0. The first-order valence-electron chi connectivity index (χ1n) is 0.167. The summed E-state index contributed by atoms with van der Waals surface area (Å²) in [6.07, 6.45) is 0. The van der Waals surface area contributed by atoms with Crippen molar-refractivity contribution in [1.82, 2.24) is 0 Å². The molecule has 0 radical (unpaired) electrons. The minimum absolute atomic E-state index is 0. The van der Waals surface area contributed by atoms with Crippen LogP contribution in [0, 0.1) is 0 Å². The molecule has 6 heteroatoms. The molecule has 0 amide bonds. The number of rotatable bonds is 0. The van der Waals surface area contributed by atoms with E-state index >= 15 is 0 Å². The van der Waals surface area contributed by atoms with Crippen LogP contribution in [0.4, 0.5) is 0 Å². The third-order valence-electron chi connectivity index (χ3n) is 0. The Morgan fingerprint density at radius 1 is 0.833 bits per heavy atom. The van der Waals surface area contributed by atoms with Crippen LogP contribution < -0.4 is 65.5 Å². The zero-order valence-electron chi connectivity index (χ0n) is 2.95. The van der Waals surface area contributed by atoms with Crippen molar-refractivity contribution in [2.45, 2.75) is 0 Å². The molecule has 0 atom stereocenters. The van der Waals surface area contributed by atoms with E-state index in [4.69, 9.17) is 3.40 Å². The Morgan fingerprint density at radius 2 is 0.833 bits per heavy atom. The summed E-state index contributed by atoms with van der Waals surface area (Å²) in [6, 6.07) is 0. The van der Waals surface area contributed by atoms with Crippen molar-refractivity contribution in [3.8, 4) is 0 Å². The summed E-state index contributed by atoms with van der Waals surface area (Å²) in [5, 5.41) is 0. The average molecular weight is 208 g/mol. The van der Waals surface area contributed by atoms with Gasteiger partial charge in [0.25, 0.3) is 0 Å². The minimum atomic E-state index is 0. The second-order valence-electron chi connectivity index (χ2n) is 0. The Hall–Kier alpha value is 1.91. The summed E-state index contributed by atoms with van der Waals surface area (Å²) >= 11 is 0.700. The van der Waals surface area contributed by atoms with Gasteiger partial charge in [-0.25, -0.2) is 0 Å². The van der Waals surface area contributed by atoms with E-state index in [1.54, 1.807) is 0 Å². The molecule has 0 saturated carbocycles. The van der Waals surface area contributed by atoms with Gasteiger partial charge in [-0.2, -0.15) is 0 Å². The van der Waals surface area contributed by atoms with Crippen molar-refractivity contribution >= 4 is 0 Å². The van der Waals surface area contributed by atoms with E-state index in [0.29, 0.717) is 19.8 Å². The molecule has 0 aromatic rings. The van der Waals surface area contributed by atoms with E-state index in [2.05, 4.69) is 0 Å². The third kappa shape index (κ3) is 39.0. The Morgan fingerprint density at radius 3 is 0.833 bits per heavy atom. The molecule has 0 spiro atoms. The standard InChI is InChI=1S/3FH.K.Mo.O/h3*1H;;;/q;;;+1;+2;/p-3. The summed E-state index contributed by atoms with van der Waals surface area (Å²) in [5.41, 5.74) is 0. The second-order valence-corrected chi connectivity index (χ2v) is 0. The fraction of sp³-hybridized carbons (Fsp3) is 0. The molecular weight excluding hydrogens is 208 g/mol. The van der Waals surface area contributed by atoms with E-state index in [0.717, 1.165) is 0 Å². The van der Waals surface area contributed by atoms with Gasteiger partial charge in [0.05, 0.1) is 0 Å². The molecule has 0 heterocycles. The molecule has 0 aromatic carbocycles. The number of hydrogen-bond donors (Lipinski definition) is 0. The molecule has 0 aliphatic rings. The van der Waals surface area contributed by atoms with Crippen LogP contribution >= 0.6 is 0 Å². The maximum atomic E-state index is 8.26. The molecule has 0 unspecified atom stereocenters. The molecule has 0 aliphatic heterocycles. The van der Waals surface area contributed by atoms with E-state index in [1.165, 1.54) is 0 Å². The molecule has 0 bridgehead atoms. The first-order chi connectivity index (χ1) is 1.00. The molecule has 0 N–H and O–H groups in total. The summed E-state index contributed by atoms with van der Waals surface area (Å²) in [5.74, 6) is 0. The van der Waals surface area contributed by atoms with Crippen LogP contribution in [0.1, 0.15) is 0 Å². The van der Waals surface area contributed by atoms with Crippen LogP contribution in [0.25, 0.3) is 0 Å². The fourth-order valence-corrected chi connectivity index (χ4v) is 0. The van der Waals surface area contributed by atoms with Crippen molar-refractivity contribution in [2.75, 3.05) is 0 Å². The van der Waals surface area contributed by atoms with Gasteiger partial charge in [0.1, 0.15) is 0 Å². The van der Waals surface area contributed by atoms with Gasteiger partial charge in [0.2, 0.25) is 0 Å². The molecular formula is F3KMoO. The molecule has 0 saturated heterocycles. The predicted molar refractivity (Wildman–Crippen MR) is 0.686 cm³/mol. The first kappa shape index (κ1) is 44.5.